The van der Waals surface area contributed by atoms with Gasteiger partial charge in [-0.15, -0.1) is 11.3 Å². The van der Waals surface area contributed by atoms with Crippen LogP contribution in [0.5, 0.6) is 0 Å². The van der Waals surface area contributed by atoms with Crippen molar-refractivity contribution in [2.24, 2.45) is 5.92 Å². The molecule has 30 heavy (non-hydrogen) atoms. The molecule has 7 heteroatoms. The number of benzene rings is 2. The number of piperidine rings is 1. The number of halogens is 1. The third kappa shape index (κ3) is 4.75. The van der Waals surface area contributed by atoms with Gasteiger partial charge in [-0.3, -0.25) is 9.69 Å². The smallest absolute Gasteiger partial charge is 0.248 e. The van der Waals surface area contributed by atoms with Crippen LogP contribution in [0.4, 0.5) is 9.52 Å². The molecule has 1 amide bonds. The molecule has 2 aromatic carbocycles. The summed E-state index contributed by atoms with van der Waals surface area (Å²) in [5.41, 5.74) is 2.45. The van der Waals surface area contributed by atoms with E-state index in [1.807, 2.05) is 35.7 Å². The number of amides is 1. The molecular weight excluding hydrogens is 401 g/mol. The lowest BCUT2D eigenvalue weighted by Gasteiger charge is -2.36. The number of hydrogen-bond acceptors (Lipinski definition) is 5. The van der Waals surface area contributed by atoms with Crippen LogP contribution < -0.4 is 5.32 Å². The number of carbonyl (C=O) groups excluding carboxylic acids is 1. The molecule has 0 aliphatic carbocycles. The van der Waals surface area contributed by atoms with Gasteiger partial charge in [-0.25, -0.2) is 9.37 Å². The maximum absolute atomic E-state index is 13.3. The molecule has 1 atom stereocenters. The summed E-state index contributed by atoms with van der Waals surface area (Å²) < 4.78 is 13.2. The van der Waals surface area contributed by atoms with E-state index in [0.717, 1.165) is 37.1 Å². The Hall–Kier alpha value is -2.61. The van der Waals surface area contributed by atoms with Gasteiger partial charge in [-0.1, -0.05) is 30.3 Å². The van der Waals surface area contributed by atoms with E-state index in [4.69, 9.17) is 0 Å². The first-order chi connectivity index (χ1) is 14.6. The highest BCUT2D eigenvalue weighted by atomic mass is 32.1. The Morgan fingerprint density at radius 1 is 1.17 bits per heavy atom. The summed E-state index contributed by atoms with van der Waals surface area (Å²) in [6.45, 7) is 1.72. The van der Waals surface area contributed by atoms with E-state index in [9.17, 15) is 14.3 Å². The number of carbonyl (C=O) groups is 1. The number of nitrogens with one attached hydrogen (secondary N) is 1. The summed E-state index contributed by atoms with van der Waals surface area (Å²) >= 11 is 1.35. The van der Waals surface area contributed by atoms with Crippen molar-refractivity contribution in [2.45, 2.75) is 18.9 Å². The summed E-state index contributed by atoms with van der Waals surface area (Å²) in [4.78, 5) is 19.9. The third-order valence-corrected chi connectivity index (χ3v) is 6.27. The van der Waals surface area contributed by atoms with Gasteiger partial charge in [-0.2, -0.15) is 0 Å². The lowest BCUT2D eigenvalue weighted by atomic mass is 9.94. The Balaban J connectivity index is 1.52. The van der Waals surface area contributed by atoms with E-state index in [2.05, 4.69) is 15.2 Å². The first kappa shape index (κ1) is 20.7. The van der Waals surface area contributed by atoms with Crippen molar-refractivity contribution in [1.29, 1.82) is 0 Å². The van der Waals surface area contributed by atoms with Gasteiger partial charge in [0.15, 0.2) is 5.13 Å². The minimum absolute atomic E-state index is 0.122. The number of rotatable bonds is 6. The minimum atomic E-state index is -0.413. The van der Waals surface area contributed by atoms with E-state index >= 15 is 0 Å². The zero-order valence-corrected chi connectivity index (χ0v) is 17.3. The zero-order valence-electron chi connectivity index (χ0n) is 16.5. The maximum Gasteiger partial charge on any atom is 0.248 e. The van der Waals surface area contributed by atoms with E-state index in [1.165, 1.54) is 23.5 Å². The zero-order chi connectivity index (χ0) is 20.9. The molecule has 5 nitrogen and oxygen atoms in total. The molecule has 0 unspecified atom stereocenters. The van der Waals surface area contributed by atoms with Crippen LogP contribution in [0.2, 0.25) is 0 Å². The van der Waals surface area contributed by atoms with Crippen molar-refractivity contribution < 1.29 is 14.3 Å². The van der Waals surface area contributed by atoms with Gasteiger partial charge >= 0.3 is 0 Å². The van der Waals surface area contributed by atoms with Crippen molar-refractivity contribution in [3.05, 3.63) is 71.4 Å². The first-order valence-corrected chi connectivity index (χ1v) is 10.9. The van der Waals surface area contributed by atoms with Crippen LogP contribution in [0.15, 0.2) is 60.0 Å². The fraction of sp³-hybridized carbons (Fsp3) is 0.304. The number of thiazole rings is 1. The number of likely N-dealkylation sites (tertiary alicyclic amines) is 1. The average molecular weight is 426 g/mol. The molecule has 0 saturated carbocycles. The molecule has 1 saturated heterocycles. The Kier molecular flexibility index (Phi) is 6.52. The number of hydrogen-bond donors (Lipinski definition) is 2. The SMILES string of the molecule is O=C(Nc1nc(-c2ccc(F)cc2)cs1)[C@H](c1ccccc1)N1CCC(CO)CC1. The van der Waals surface area contributed by atoms with Crippen molar-refractivity contribution in [3.8, 4) is 11.3 Å². The standard InChI is InChI=1S/C23H24FN3O2S/c24-19-8-6-17(7-9-19)20-15-30-23(25-20)26-22(29)21(18-4-2-1-3-5-18)27-12-10-16(14-28)11-13-27/h1-9,15-16,21,28H,10-14H2,(H,25,26,29)/t21-/m0/s1. The highest BCUT2D eigenvalue weighted by Crippen LogP contribution is 2.30. The van der Waals surface area contributed by atoms with Crippen molar-refractivity contribution in [3.63, 3.8) is 0 Å². The van der Waals surface area contributed by atoms with Gasteiger partial charge in [0.05, 0.1) is 5.69 Å². The molecule has 1 aliphatic heterocycles. The molecule has 1 fully saturated rings. The Bertz CT molecular complexity index is 970. The maximum atomic E-state index is 13.3. The van der Waals surface area contributed by atoms with Crippen molar-refractivity contribution in [2.75, 3.05) is 25.0 Å². The van der Waals surface area contributed by atoms with E-state index in [1.54, 1.807) is 12.1 Å². The highest BCUT2D eigenvalue weighted by Gasteiger charge is 2.31. The summed E-state index contributed by atoms with van der Waals surface area (Å²) in [5.74, 6) is -0.111. The summed E-state index contributed by atoms with van der Waals surface area (Å²) in [7, 11) is 0. The molecule has 1 aliphatic rings. The number of aliphatic hydroxyl groups excluding tert-OH is 1. The first-order valence-electron chi connectivity index (χ1n) is 10.1. The molecule has 4 rings (SSSR count). The van der Waals surface area contributed by atoms with Gasteiger partial charge < -0.3 is 10.4 Å². The van der Waals surface area contributed by atoms with Gasteiger partial charge in [0.25, 0.3) is 0 Å². The second-order valence-electron chi connectivity index (χ2n) is 7.51. The fourth-order valence-electron chi connectivity index (χ4n) is 3.82. The molecule has 1 aromatic heterocycles. The minimum Gasteiger partial charge on any atom is -0.396 e. The van der Waals surface area contributed by atoms with Crippen LogP contribution in [-0.4, -0.2) is 40.6 Å². The van der Waals surface area contributed by atoms with Gasteiger partial charge in [-0.05, 0) is 61.7 Å². The van der Waals surface area contributed by atoms with E-state index in [-0.39, 0.29) is 18.3 Å². The molecule has 3 aromatic rings. The summed E-state index contributed by atoms with van der Waals surface area (Å²) in [5, 5.41) is 14.8. The predicted molar refractivity (Wildman–Crippen MR) is 117 cm³/mol. The van der Waals surface area contributed by atoms with Crippen molar-refractivity contribution >= 4 is 22.4 Å². The van der Waals surface area contributed by atoms with E-state index < -0.39 is 6.04 Å². The van der Waals surface area contributed by atoms with Gasteiger partial charge in [0.1, 0.15) is 11.9 Å². The molecule has 0 spiro atoms. The van der Waals surface area contributed by atoms with Crippen LogP contribution in [0, 0.1) is 11.7 Å². The quantitative estimate of drug-likeness (QED) is 0.617. The van der Waals surface area contributed by atoms with Crippen LogP contribution in [0.25, 0.3) is 11.3 Å². The van der Waals surface area contributed by atoms with Gasteiger partial charge in [0.2, 0.25) is 5.91 Å². The normalized spacial score (nSPS) is 16.3. The van der Waals surface area contributed by atoms with E-state index in [0.29, 0.717) is 16.7 Å². The largest absolute Gasteiger partial charge is 0.396 e. The third-order valence-electron chi connectivity index (χ3n) is 5.51. The molecule has 2 N–H and O–H groups in total. The number of nitrogens with zero attached hydrogens (tertiary/aromatic N) is 2. The van der Waals surface area contributed by atoms with Crippen LogP contribution >= 0.6 is 11.3 Å². The Morgan fingerprint density at radius 3 is 2.53 bits per heavy atom. The highest BCUT2D eigenvalue weighted by molar-refractivity contribution is 7.14. The fourth-order valence-corrected chi connectivity index (χ4v) is 4.54. The van der Waals surface area contributed by atoms with Crippen LogP contribution in [0.3, 0.4) is 0 Å². The Labute approximate surface area is 179 Å². The molecule has 2 heterocycles. The van der Waals surface area contributed by atoms with Gasteiger partial charge in [0, 0.05) is 17.6 Å². The summed E-state index contributed by atoms with van der Waals surface area (Å²) in [6, 6.07) is 15.5. The lowest BCUT2D eigenvalue weighted by Crippen LogP contribution is -2.42. The number of aliphatic hydroxyl groups is 1. The molecule has 0 bridgehead atoms. The molecule has 156 valence electrons. The lowest BCUT2D eigenvalue weighted by molar-refractivity contribution is -0.122. The summed E-state index contributed by atoms with van der Waals surface area (Å²) in [6.07, 6.45) is 1.75. The topological polar surface area (TPSA) is 65.5 Å². The second kappa shape index (κ2) is 9.47. The Morgan fingerprint density at radius 2 is 1.87 bits per heavy atom. The predicted octanol–water partition coefficient (Wildman–Crippen LogP) is 4.33. The number of aromatic nitrogens is 1. The monoisotopic (exact) mass is 425 g/mol. The van der Waals surface area contributed by atoms with Crippen molar-refractivity contribution in [1.82, 2.24) is 9.88 Å². The molecule has 0 radical (unpaired) electrons. The number of anilines is 1. The van der Waals surface area contributed by atoms with Crippen LogP contribution in [-0.2, 0) is 4.79 Å². The second-order valence-corrected chi connectivity index (χ2v) is 8.37. The average Bonchev–Trinajstić information content (AvgIpc) is 3.24. The van der Waals surface area contributed by atoms with Crippen LogP contribution in [0.1, 0.15) is 24.4 Å². The molecular formula is C23H24FN3O2S.